The number of hydrogen-bond donors (Lipinski definition) is 2. The molecular formula is C20H20N4O. The topological polar surface area (TPSA) is 70.7 Å². The quantitative estimate of drug-likeness (QED) is 0.749. The van der Waals surface area contributed by atoms with E-state index >= 15 is 0 Å². The highest BCUT2D eigenvalue weighted by atomic mass is 16.1. The molecule has 1 aliphatic rings. The summed E-state index contributed by atoms with van der Waals surface area (Å²) in [6.07, 6.45) is 5.64. The van der Waals surface area contributed by atoms with E-state index < -0.39 is 0 Å². The first kappa shape index (κ1) is 15.6. The molecule has 2 N–H and O–H groups in total. The van der Waals surface area contributed by atoms with E-state index in [-0.39, 0.29) is 11.9 Å². The van der Waals surface area contributed by atoms with Crippen LogP contribution in [0.5, 0.6) is 0 Å². The molecule has 1 saturated carbocycles. The van der Waals surface area contributed by atoms with Gasteiger partial charge in [0.1, 0.15) is 0 Å². The van der Waals surface area contributed by atoms with E-state index in [1.54, 1.807) is 12.4 Å². The maximum absolute atomic E-state index is 12.9. The van der Waals surface area contributed by atoms with Crippen LogP contribution in [0, 0.1) is 12.8 Å². The van der Waals surface area contributed by atoms with Crippen molar-refractivity contribution in [2.24, 2.45) is 5.92 Å². The molecular weight excluding hydrogens is 312 g/mol. The third-order valence-corrected chi connectivity index (χ3v) is 4.58. The number of carbonyl (C=O) groups excluding carboxylic acids is 1. The van der Waals surface area contributed by atoms with Crippen LogP contribution in [-0.4, -0.2) is 21.1 Å². The molecule has 2 aromatic heterocycles. The lowest BCUT2D eigenvalue weighted by molar-refractivity contribution is 0.0931. The molecule has 1 atom stereocenters. The molecule has 2 heterocycles. The summed E-state index contributed by atoms with van der Waals surface area (Å²) in [6.45, 7) is 2.04. The van der Waals surface area contributed by atoms with Gasteiger partial charge < -0.3 is 5.32 Å². The first-order chi connectivity index (χ1) is 12.2. The summed E-state index contributed by atoms with van der Waals surface area (Å²) >= 11 is 0. The number of aryl methyl sites for hydroxylation is 1. The Morgan fingerprint density at radius 1 is 1.24 bits per heavy atom. The third kappa shape index (κ3) is 3.31. The van der Waals surface area contributed by atoms with Crippen LogP contribution >= 0.6 is 0 Å². The van der Waals surface area contributed by atoms with Crippen molar-refractivity contribution < 1.29 is 4.79 Å². The maximum Gasteiger partial charge on any atom is 0.255 e. The standard InChI is InChI=1S/C20H20N4O/c1-13-9-10-21-17(11-13)19(15-7-8-15)23-20(25)16-12-22-24-18(16)14-5-3-2-4-6-14/h2-6,9-12,15,19H,7-8H2,1H3,(H,22,24)(H,23,25)/t19-/m1/s1. The van der Waals surface area contributed by atoms with Gasteiger partial charge in [0.2, 0.25) is 0 Å². The fraction of sp³-hybridized carbons (Fsp3) is 0.250. The maximum atomic E-state index is 12.9. The Kier molecular flexibility index (Phi) is 4.06. The second-order valence-corrected chi connectivity index (χ2v) is 6.57. The van der Waals surface area contributed by atoms with Crippen LogP contribution in [0.1, 0.15) is 40.5 Å². The van der Waals surface area contributed by atoms with Gasteiger partial charge in [0.15, 0.2) is 0 Å². The molecule has 0 spiro atoms. The lowest BCUT2D eigenvalue weighted by Crippen LogP contribution is -2.30. The summed E-state index contributed by atoms with van der Waals surface area (Å²) in [5.41, 5.74) is 4.33. The van der Waals surface area contributed by atoms with Gasteiger partial charge in [-0.25, -0.2) is 0 Å². The molecule has 4 rings (SSSR count). The molecule has 0 unspecified atom stereocenters. The number of aromatic nitrogens is 3. The average molecular weight is 332 g/mol. The van der Waals surface area contributed by atoms with Crippen molar-refractivity contribution in [3.8, 4) is 11.3 Å². The highest BCUT2D eigenvalue weighted by molar-refractivity contribution is 5.99. The van der Waals surface area contributed by atoms with Crippen molar-refractivity contribution in [1.82, 2.24) is 20.5 Å². The lowest BCUT2D eigenvalue weighted by atomic mass is 10.0. The van der Waals surface area contributed by atoms with Crippen molar-refractivity contribution in [3.05, 3.63) is 71.7 Å². The summed E-state index contributed by atoms with van der Waals surface area (Å²) in [4.78, 5) is 17.4. The second kappa shape index (κ2) is 6.51. The zero-order valence-electron chi connectivity index (χ0n) is 14.1. The molecule has 1 amide bonds. The number of nitrogens with one attached hydrogen (secondary N) is 2. The number of amides is 1. The minimum absolute atomic E-state index is 0.0501. The molecule has 0 bridgehead atoms. The molecule has 126 valence electrons. The van der Waals surface area contributed by atoms with Crippen LogP contribution in [0.15, 0.2) is 54.9 Å². The molecule has 0 saturated heterocycles. The van der Waals surface area contributed by atoms with Crippen LogP contribution < -0.4 is 5.32 Å². The number of rotatable bonds is 5. The fourth-order valence-corrected chi connectivity index (χ4v) is 3.09. The fourth-order valence-electron chi connectivity index (χ4n) is 3.09. The molecule has 3 aromatic rings. The van der Waals surface area contributed by atoms with Crippen LogP contribution in [0.3, 0.4) is 0 Å². The number of H-pyrrole nitrogens is 1. The van der Waals surface area contributed by atoms with Gasteiger partial charge in [0, 0.05) is 11.8 Å². The molecule has 0 aliphatic heterocycles. The van der Waals surface area contributed by atoms with Gasteiger partial charge in [-0.3, -0.25) is 14.9 Å². The predicted octanol–water partition coefficient (Wildman–Crippen LogP) is 3.66. The van der Waals surface area contributed by atoms with Gasteiger partial charge in [-0.2, -0.15) is 5.10 Å². The van der Waals surface area contributed by atoms with Gasteiger partial charge in [0.25, 0.3) is 5.91 Å². The van der Waals surface area contributed by atoms with Gasteiger partial charge in [0.05, 0.1) is 29.2 Å². The van der Waals surface area contributed by atoms with E-state index in [1.807, 2.05) is 43.3 Å². The molecule has 5 nitrogen and oxygen atoms in total. The van der Waals surface area contributed by atoms with Gasteiger partial charge in [-0.05, 0) is 43.4 Å². The number of carbonyl (C=O) groups is 1. The summed E-state index contributed by atoms with van der Waals surface area (Å²) in [7, 11) is 0. The molecule has 5 heteroatoms. The van der Waals surface area contributed by atoms with Crippen molar-refractivity contribution in [3.63, 3.8) is 0 Å². The zero-order valence-corrected chi connectivity index (χ0v) is 14.1. The molecule has 1 aromatic carbocycles. The van der Waals surface area contributed by atoms with E-state index in [1.165, 1.54) is 0 Å². The van der Waals surface area contributed by atoms with Crippen LogP contribution in [0.4, 0.5) is 0 Å². The minimum atomic E-state index is -0.118. The average Bonchev–Trinajstić information content (AvgIpc) is 3.35. The Labute approximate surface area is 146 Å². The molecule has 1 aliphatic carbocycles. The summed E-state index contributed by atoms with van der Waals surface area (Å²) in [5.74, 6) is 0.345. The number of pyridine rings is 1. The molecule has 0 radical (unpaired) electrons. The third-order valence-electron chi connectivity index (χ3n) is 4.58. The van der Waals surface area contributed by atoms with Gasteiger partial charge in [-0.1, -0.05) is 30.3 Å². The van der Waals surface area contributed by atoms with Crippen LogP contribution in [0.2, 0.25) is 0 Å². The Morgan fingerprint density at radius 2 is 2.04 bits per heavy atom. The first-order valence-corrected chi connectivity index (χ1v) is 8.54. The van der Waals surface area contributed by atoms with Crippen LogP contribution in [0.25, 0.3) is 11.3 Å². The lowest BCUT2D eigenvalue weighted by Gasteiger charge is -2.18. The Hall–Kier alpha value is -2.95. The van der Waals surface area contributed by atoms with E-state index in [9.17, 15) is 4.79 Å². The normalized spacial score (nSPS) is 14.9. The van der Waals surface area contributed by atoms with E-state index in [2.05, 4.69) is 26.6 Å². The van der Waals surface area contributed by atoms with Crippen molar-refractivity contribution in [2.75, 3.05) is 0 Å². The van der Waals surface area contributed by atoms with Gasteiger partial charge in [-0.15, -0.1) is 0 Å². The van der Waals surface area contributed by atoms with Gasteiger partial charge >= 0.3 is 0 Å². The van der Waals surface area contributed by atoms with Crippen molar-refractivity contribution in [1.29, 1.82) is 0 Å². The summed E-state index contributed by atoms with van der Waals surface area (Å²) in [6, 6.07) is 13.7. The SMILES string of the molecule is Cc1ccnc([C@H](NC(=O)c2cn[nH]c2-c2ccccc2)C2CC2)c1. The summed E-state index contributed by atoms with van der Waals surface area (Å²) in [5, 5.41) is 10.2. The highest BCUT2D eigenvalue weighted by Gasteiger charge is 2.35. The Balaban J connectivity index is 1.60. The van der Waals surface area contributed by atoms with Crippen LogP contribution in [-0.2, 0) is 0 Å². The van der Waals surface area contributed by atoms with E-state index in [0.29, 0.717) is 11.5 Å². The smallest absolute Gasteiger partial charge is 0.255 e. The largest absolute Gasteiger partial charge is 0.343 e. The predicted molar refractivity (Wildman–Crippen MR) is 95.9 cm³/mol. The monoisotopic (exact) mass is 332 g/mol. The number of hydrogen-bond acceptors (Lipinski definition) is 3. The molecule has 25 heavy (non-hydrogen) atoms. The number of aromatic amines is 1. The Bertz CT molecular complexity index is 883. The van der Waals surface area contributed by atoms with E-state index in [4.69, 9.17) is 0 Å². The first-order valence-electron chi connectivity index (χ1n) is 8.54. The number of benzene rings is 1. The molecule has 1 fully saturated rings. The van der Waals surface area contributed by atoms with E-state index in [0.717, 1.165) is 35.4 Å². The second-order valence-electron chi connectivity index (χ2n) is 6.57. The summed E-state index contributed by atoms with van der Waals surface area (Å²) < 4.78 is 0. The number of nitrogens with zero attached hydrogens (tertiary/aromatic N) is 2. The van der Waals surface area contributed by atoms with Crippen molar-refractivity contribution in [2.45, 2.75) is 25.8 Å². The highest BCUT2D eigenvalue weighted by Crippen LogP contribution is 2.40. The zero-order chi connectivity index (χ0) is 17.2. The Morgan fingerprint density at radius 3 is 2.76 bits per heavy atom. The minimum Gasteiger partial charge on any atom is -0.343 e. The van der Waals surface area contributed by atoms with Crippen molar-refractivity contribution >= 4 is 5.91 Å².